The summed E-state index contributed by atoms with van der Waals surface area (Å²) >= 11 is 0. The van der Waals surface area contributed by atoms with Crippen LogP contribution < -0.4 is 0 Å². The maximum Gasteiger partial charge on any atom is 0.276 e. The molecule has 2 aromatic rings. The fourth-order valence-electron chi connectivity index (χ4n) is 3.63. The number of hydrogen-bond donors (Lipinski definition) is 0. The summed E-state index contributed by atoms with van der Waals surface area (Å²) in [6.45, 7) is 6.16. The zero-order chi connectivity index (χ0) is 16.5. The Morgan fingerprint density at radius 1 is 1.33 bits per heavy atom. The molecule has 6 nitrogen and oxygen atoms in total. The zero-order valence-electron chi connectivity index (χ0n) is 14.0. The Hall–Kier alpha value is -2.08. The number of aryl methyl sites for hydroxylation is 1. The summed E-state index contributed by atoms with van der Waals surface area (Å²) in [5.41, 5.74) is 1.58. The minimum Gasteiger partial charge on any atom is -0.468 e. The van der Waals surface area contributed by atoms with Gasteiger partial charge in [0, 0.05) is 38.2 Å². The van der Waals surface area contributed by atoms with Gasteiger partial charge in [-0.05, 0) is 30.9 Å². The number of fused-ring (bicyclic) bond motifs is 1. The molecule has 6 heteroatoms. The number of amides is 1. The molecular formula is C18H23N3O3. The van der Waals surface area contributed by atoms with Crippen LogP contribution in [0.25, 0.3) is 0 Å². The average molecular weight is 329 g/mol. The first-order valence-electron chi connectivity index (χ1n) is 8.72. The number of nitrogens with zero attached hydrogens (tertiary/aromatic N) is 3. The van der Waals surface area contributed by atoms with Gasteiger partial charge in [0.1, 0.15) is 11.5 Å². The Morgan fingerprint density at radius 3 is 2.92 bits per heavy atom. The van der Waals surface area contributed by atoms with Crippen molar-refractivity contribution in [3.05, 3.63) is 41.2 Å². The first-order valence-corrected chi connectivity index (χ1v) is 8.72. The highest BCUT2D eigenvalue weighted by Gasteiger charge is 2.31. The predicted molar refractivity (Wildman–Crippen MR) is 87.6 cm³/mol. The van der Waals surface area contributed by atoms with Crippen molar-refractivity contribution in [2.75, 3.05) is 26.2 Å². The Balaban J connectivity index is 1.39. The van der Waals surface area contributed by atoms with Crippen LogP contribution in [0.2, 0.25) is 0 Å². The van der Waals surface area contributed by atoms with Gasteiger partial charge >= 0.3 is 0 Å². The van der Waals surface area contributed by atoms with Gasteiger partial charge < -0.3 is 13.8 Å². The molecule has 1 fully saturated rings. The number of hydrogen-bond acceptors (Lipinski definition) is 5. The van der Waals surface area contributed by atoms with Gasteiger partial charge in [0.15, 0.2) is 5.69 Å². The van der Waals surface area contributed by atoms with Crippen LogP contribution in [0.3, 0.4) is 0 Å². The molecule has 0 bridgehead atoms. The molecule has 2 aliphatic rings. The summed E-state index contributed by atoms with van der Waals surface area (Å²) < 4.78 is 10.8. The van der Waals surface area contributed by atoms with E-state index in [-0.39, 0.29) is 5.91 Å². The van der Waals surface area contributed by atoms with E-state index in [1.54, 1.807) is 6.26 Å². The molecule has 0 aromatic carbocycles. The Morgan fingerprint density at radius 2 is 2.17 bits per heavy atom. The number of piperazine rings is 1. The molecule has 24 heavy (non-hydrogen) atoms. The van der Waals surface area contributed by atoms with Crippen LogP contribution in [-0.4, -0.2) is 47.0 Å². The van der Waals surface area contributed by atoms with Crippen LogP contribution in [0.5, 0.6) is 0 Å². The van der Waals surface area contributed by atoms with Gasteiger partial charge in [-0.25, -0.2) is 0 Å². The minimum atomic E-state index is 0.0201. The maximum atomic E-state index is 12.8. The molecule has 1 aliphatic heterocycles. The van der Waals surface area contributed by atoms with Crippen molar-refractivity contribution in [3.63, 3.8) is 0 Å². The van der Waals surface area contributed by atoms with Crippen molar-refractivity contribution in [1.29, 1.82) is 0 Å². The van der Waals surface area contributed by atoms with E-state index in [1.807, 2.05) is 17.0 Å². The van der Waals surface area contributed by atoms with Gasteiger partial charge in [0.25, 0.3) is 5.91 Å². The second-order valence-corrected chi connectivity index (χ2v) is 6.93. The van der Waals surface area contributed by atoms with E-state index >= 15 is 0 Å². The SMILES string of the molecule is CC1CCc2onc(C(=O)N3CCN(Cc4ccco4)CC3)c2C1. The maximum absolute atomic E-state index is 12.8. The van der Waals surface area contributed by atoms with Gasteiger partial charge in [0.2, 0.25) is 0 Å². The Labute approximate surface area is 141 Å². The van der Waals surface area contributed by atoms with Crippen molar-refractivity contribution in [3.8, 4) is 0 Å². The van der Waals surface area contributed by atoms with Gasteiger partial charge in [-0.2, -0.15) is 0 Å². The summed E-state index contributed by atoms with van der Waals surface area (Å²) in [6, 6.07) is 3.89. The summed E-state index contributed by atoms with van der Waals surface area (Å²) in [5, 5.41) is 4.09. The molecule has 0 radical (unpaired) electrons. The van der Waals surface area contributed by atoms with Crippen molar-refractivity contribution < 1.29 is 13.7 Å². The van der Waals surface area contributed by atoms with E-state index in [9.17, 15) is 4.79 Å². The molecule has 1 saturated heterocycles. The standard InChI is InChI=1S/C18H23N3O3/c1-13-4-5-16-15(11-13)17(19-24-16)18(22)21-8-6-20(7-9-21)12-14-3-2-10-23-14/h2-3,10,13H,4-9,11-12H2,1H3. The summed E-state index contributed by atoms with van der Waals surface area (Å²) in [6.07, 6.45) is 4.61. The molecule has 128 valence electrons. The van der Waals surface area contributed by atoms with Gasteiger partial charge in [-0.1, -0.05) is 12.1 Å². The fraction of sp³-hybridized carbons (Fsp3) is 0.556. The normalized spacial score (nSPS) is 21.7. The number of rotatable bonds is 3. The van der Waals surface area contributed by atoms with E-state index in [0.717, 1.165) is 69.1 Å². The van der Waals surface area contributed by atoms with Crippen LogP contribution >= 0.6 is 0 Å². The molecule has 3 heterocycles. The van der Waals surface area contributed by atoms with Gasteiger partial charge in [-0.15, -0.1) is 0 Å². The average Bonchev–Trinajstić information content (AvgIpc) is 3.24. The fourth-order valence-corrected chi connectivity index (χ4v) is 3.63. The van der Waals surface area contributed by atoms with Crippen LogP contribution in [-0.2, 0) is 19.4 Å². The lowest BCUT2D eigenvalue weighted by Crippen LogP contribution is -2.48. The molecule has 2 aromatic heterocycles. The van der Waals surface area contributed by atoms with Gasteiger partial charge in [-0.3, -0.25) is 9.69 Å². The molecule has 1 unspecified atom stereocenters. The van der Waals surface area contributed by atoms with Crippen molar-refractivity contribution in [2.45, 2.75) is 32.7 Å². The lowest BCUT2D eigenvalue weighted by atomic mass is 9.88. The lowest BCUT2D eigenvalue weighted by molar-refractivity contribution is 0.0609. The second-order valence-electron chi connectivity index (χ2n) is 6.93. The molecule has 1 atom stereocenters. The smallest absolute Gasteiger partial charge is 0.276 e. The molecule has 1 amide bonds. The van der Waals surface area contributed by atoms with Crippen molar-refractivity contribution in [2.24, 2.45) is 5.92 Å². The third-order valence-corrected chi connectivity index (χ3v) is 5.11. The van der Waals surface area contributed by atoms with E-state index in [0.29, 0.717) is 11.6 Å². The molecular weight excluding hydrogens is 306 g/mol. The first-order chi connectivity index (χ1) is 11.7. The number of carbonyl (C=O) groups is 1. The molecule has 0 saturated carbocycles. The van der Waals surface area contributed by atoms with E-state index in [4.69, 9.17) is 8.94 Å². The van der Waals surface area contributed by atoms with Crippen LogP contribution in [0.1, 0.15) is 40.9 Å². The number of carbonyl (C=O) groups excluding carboxylic acids is 1. The lowest BCUT2D eigenvalue weighted by Gasteiger charge is -2.34. The number of aromatic nitrogens is 1. The predicted octanol–water partition coefficient (Wildman–Crippen LogP) is 2.35. The zero-order valence-corrected chi connectivity index (χ0v) is 14.0. The van der Waals surface area contributed by atoms with Crippen molar-refractivity contribution >= 4 is 5.91 Å². The second kappa shape index (κ2) is 6.43. The summed E-state index contributed by atoms with van der Waals surface area (Å²) in [4.78, 5) is 17.0. The largest absolute Gasteiger partial charge is 0.468 e. The van der Waals surface area contributed by atoms with Crippen LogP contribution in [0, 0.1) is 5.92 Å². The topological polar surface area (TPSA) is 62.7 Å². The monoisotopic (exact) mass is 329 g/mol. The van der Waals surface area contributed by atoms with E-state index < -0.39 is 0 Å². The third kappa shape index (κ3) is 2.98. The van der Waals surface area contributed by atoms with Crippen molar-refractivity contribution in [1.82, 2.24) is 15.0 Å². The first kappa shape index (κ1) is 15.4. The van der Waals surface area contributed by atoms with Gasteiger partial charge in [0.05, 0.1) is 12.8 Å². The van der Waals surface area contributed by atoms with Crippen LogP contribution in [0.4, 0.5) is 0 Å². The molecule has 4 rings (SSSR count). The highest BCUT2D eigenvalue weighted by molar-refractivity contribution is 5.94. The van der Waals surface area contributed by atoms with Crippen LogP contribution in [0.15, 0.2) is 27.3 Å². The quantitative estimate of drug-likeness (QED) is 0.865. The van der Waals surface area contributed by atoms with E-state index in [1.165, 1.54) is 0 Å². The molecule has 1 aliphatic carbocycles. The molecule has 0 spiro atoms. The number of furan rings is 1. The van der Waals surface area contributed by atoms with E-state index in [2.05, 4.69) is 17.0 Å². The third-order valence-electron chi connectivity index (χ3n) is 5.11. The molecule has 0 N–H and O–H groups in total. The Kier molecular flexibility index (Phi) is 4.14. The highest BCUT2D eigenvalue weighted by atomic mass is 16.5. The Bertz CT molecular complexity index is 699. The summed E-state index contributed by atoms with van der Waals surface area (Å²) in [7, 11) is 0. The highest BCUT2D eigenvalue weighted by Crippen LogP contribution is 2.28. The summed E-state index contributed by atoms with van der Waals surface area (Å²) in [5.74, 6) is 2.49. The minimum absolute atomic E-state index is 0.0201.